The number of aryl methyl sites for hydroxylation is 1. The molecule has 0 fully saturated rings. The van der Waals surface area contributed by atoms with Crippen LogP contribution in [0.4, 0.5) is 5.82 Å². The maximum atomic E-state index is 12.8. The van der Waals surface area contributed by atoms with Crippen LogP contribution in [0, 0.1) is 6.92 Å². The number of para-hydroxylation sites is 2. The van der Waals surface area contributed by atoms with Gasteiger partial charge in [0, 0.05) is 11.0 Å². The number of halogens is 1. The lowest BCUT2D eigenvalue weighted by atomic mass is 10.2. The summed E-state index contributed by atoms with van der Waals surface area (Å²) in [5.74, 6) is 0.749. The number of nitrogens with zero attached hydrogens (tertiary/aromatic N) is 3. The van der Waals surface area contributed by atoms with Gasteiger partial charge >= 0.3 is 0 Å². The Morgan fingerprint density at radius 2 is 2.04 bits per heavy atom. The van der Waals surface area contributed by atoms with Crippen LogP contribution in [0.2, 0.25) is 5.02 Å². The lowest BCUT2D eigenvalue weighted by molar-refractivity contribution is 0.102. The first kappa shape index (κ1) is 17.6. The maximum Gasteiger partial charge on any atom is 0.258 e. The first-order valence-electron chi connectivity index (χ1n) is 8.22. The Kier molecular flexibility index (Phi) is 4.63. The number of imidazole rings is 1. The quantitative estimate of drug-likeness (QED) is 0.490. The Labute approximate surface area is 164 Å². The van der Waals surface area contributed by atoms with Gasteiger partial charge < -0.3 is 10.3 Å². The fourth-order valence-corrected chi connectivity index (χ4v) is 3.42. The molecule has 6 nitrogen and oxygen atoms in total. The number of fused-ring (bicyclic) bond motifs is 1. The van der Waals surface area contributed by atoms with Gasteiger partial charge in [-0.25, -0.2) is 4.98 Å². The molecule has 0 aliphatic carbocycles. The molecule has 1 amide bonds. The van der Waals surface area contributed by atoms with E-state index in [4.69, 9.17) is 11.6 Å². The van der Waals surface area contributed by atoms with Crippen LogP contribution in [-0.2, 0) is 0 Å². The van der Waals surface area contributed by atoms with Crippen molar-refractivity contribution >= 4 is 46.1 Å². The first-order chi connectivity index (χ1) is 13.0. The van der Waals surface area contributed by atoms with Gasteiger partial charge in [-0.1, -0.05) is 23.7 Å². The summed E-state index contributed by atoms with van der Waals surface area (Å²) in [5.41, 5.74) is 2.90. The number of aromatic amines is 1. The van der Waals surface area contributed by atoms with Crippen molar-refractivity contribution in [3.8, 4) is 5.95 Å². The summed E-state index contributed by atoms with van der Waals surface area (Å²) in [6.45, 7) is 1.86. The van der Waals surface area contributed by atoms with Gasteiger partial charge in [-0.05, 0) is 43.5 Å². The van der Waals surface area contributed by atoms with Gasteiger partial charge in [0.25, 0.3) is 5.91 Å². The average Bonchev–Trinajstić information content (AvgIpc) is 3.25. The van der Waals surface area contributed by atoms with Crippen molar-refractivity contribution in [2.45, 2.75) is 11.8 Å². The molecule has 4 rings (SSSR count). The topological polar surface area (TPSA) is 75.6 Å². The highest BCUT2D eigenvalue weighted by atomic mass is 35.5. The molecule has 0 radical (unpaired) electrons. The van der Waals surface area contributed by atoms with Crippen molar-refractivity contribution in [3.05, 3.63) is 64.8 Å². The van der Waals surface area contributed by atoms with E-state index in [1.54, 1.807) is 34.6 Å². The number of nitrogens with one attached hydrogen (secondary N) is 2. The highest BCUT2D eigenvalue weighted by Gasteiger charge is 2.17. The normalized spacial score (nSPS) is 11.1. The van der Waals surface area contributed by atoms with E-state index in [-0.39, 0.29) is 5.91 Å². The van der Waals surface area contributed by atoms with E-state index < -0.39 is 0 Å². The number of thioether (sulfide) groups is 1. The third-order valence-electron chi connectivity index (χ3n) is 4.07. The predicted octanol–water partition coefficient (Wildman–Crippen LogP) is 4.68. The zero-order chi connectivity index (χ0) is 19.0. The van der Waals surface area contributed by atoms with Crippen LogP contribution in [-0.4, -0.2) is 31.9 Å². The molecule has 0 saturated carbocycles. The van der Waals surface area contributed by atoms with Crippen LogP contribution in [0.3, 0.4) is 0 Å². The Morgan fingerprint density at radius 3 is 2.81 bits per heavy atom. The van der Waals surface area contributed by atoms with Crippen LogP contribution >= 0.6 is 23.4 Å². The summed E-state index contributed by atoms with van der Waals surface area (Å²) in [5, 5.41) is 7.74. The molecule has 2 aromatic heterocycles. The highest BCUT2D eigenvalue weighted by molar-refractivity contribution is 7.98. The van der Waals surface area contributed by atoms with Crippen LogP contribution in [0.5, 0.6) is 0 Å². The Hall–Kier alpha value is -2.77. The molecule has 0 aliphatic rings. The predicted molar refractivity (Wildman–Crippen MR) is 109 cm³/mol. The molecule has 8 heteroatoms. The van der Waals surface area contributed by atoms with Gasteiger partial charge in [0.2, 0.25) is 5.95 Å². The summed E-state index contributed by atoms with van der Waals surface area (Å²) >= 11 is 7.77. The molecular weight excluding hydrogens is 382 g/mol. The summed E-state index contributed by atoms with van der Waals surface area (Å²) in [6.07, 6.45) is 1.95. The van der Waals surface area contributed by atoms with Gasteiger partial charge in [-0.15, -0.1) is 11.8 Å². The van der Waals surface area contributed by atoms with E-state index in [9.17, 15) is 4.79 Å². The monoisotopic (exact) mass is 397 g/mol. The number of amides is 1. The van der Waals surface area contributed by atoms with Crippen molar-refractivity contribution in [1.82, 2.24) is 19.7 Å². The molecule has 4 aromatic rings. The SMILES string of the molecule is CSc1ccc(Cl)c(C(=O)Nc2cc(C)nn2-c2nc3ccccc3[nH]2)c1. The minimum Gasteiger partial charge on any atom is -0.322 e. The third-order valence-corrected chi connectivity index (χ3v) is 5.12. The molecule has 136 valence electrons. The third kappa shape index (κ3) is 3.43. The largest absolute Gasteiger partial charge is 0.322 e. The average molecular weight is 398 g/mol. The van der Waals surface area contributed by atoms with Crippen molar-refractivity contribution in [2.24, 2.45) is 0 Å². The number of hydrogen-bond acceptors (Lipinski definition) is 4. The molecule has 2 aromatic carbocycles. The first-order valence-corrected chi connectivity index (χ1v) is 9.82. The number of hydrogen-bond donors (Lipinski definition) is 2. The van der Waals surface area contributed by atoms with Crippen molar-refractivity contribution in [1.29, 1.82) is 0 Å². The summed E-state index contributed by atoms with van der Waals surface area (Å²) < 4.78 is 1.58. The molecule has 0 aliphatic heterocycles. The van der Waals surface area contributed by atoms with Gasteiger partial charge in [0.1, 0.15) is 5.82 Å². The van der Waals surface area contributed by atoms with Gasteiger partial charge in [-0.2, -0.15) is 9.78 Å². The smallest absolute Gasteiger partial charge is 0.258 e. The molecule has 0 saturated heterocycles. The van der Waals surface area contributed by atoms with Gasteiger partial charge in [-0.3, -0.25) is 4.79 Å². The number of carbonyl (C=O) groups excluding carboxylic acids is 1. The molecule has 0 unspecified atom stereocenters. The van der Waals surface area contributed by atoms with Crippen molar-refractivity contribution in [3.63, 3.8) is 0 Å². The summed E-state index contributed by atoms with van der Waals surface area (Å²) in [7, 11) is 0. The second kappa shape index (κ2) is 7.09. The standard InChI is InChI=1S/C19H16ClN5OS/c1-11-9-17(23-18(26)13-10-12(27-2)7-8-14(13)20)25(24-11)19-21-15-5-3-4-6-16(15)22-19/h3-10H,1-2H3,(H,21,22)(H,23,26). The highest BCUT2D eigenvalue weighted by Crippen LogP contribution is 2.25. The number of carbonyl (C=O) groups is 1. The number of rotatable bonds is 4. The van der Waals surface area contributed by atoms with E-state index in [0.717, 1.165) is 21.6 Å². The Morgan fingerprint density at radius 1 is 1.22 bits per heavy atom. The van der Waals surface area contributed by atoms with Gasteiger partial charge in [0.05, 0.1) is 27.3 Å². The Balaban J connectivity index is 1.70. The van der Waals surface area contributed by atoms with E-state index >= 15 is 0 Å². The van der Waals surface area contributed by atoms with Crippen molar-refractivity contribution < 1.29 is 4.79 Å². The second-order valence-corrected chi connectivity index (χ2v) is 7.25. The van der Waals surface area contributed by atoms with E-state index in [1.807, 2.05) is 43.5 Å². The van der Waals surface area contributed by atoms with E-state index in [2.05, 4.69) is 20.4 Å². The minimum absolute atomic E-state index is 0.298. The molecule has 0 spiro atoms. The number of aromatic nitrogens is 4. The molecule has 0 bridgehead atoms. The number of benzene rings is 2. The van der Waals surface area contributed by atoms with Crippen LogP contribution in [0.1, 0.15) is 16.1 Å². The molecule has 2 heterocycles. The van der Waals surface area contributed by atoms with Crippen LogP contribution < -0.4 is 5.32 Å². The molecule has 27 heavy (non-hydrogen) atoms. The van der Waals surface area contributed by atoms with Crippen molar-refractivity contribution in [2.75, 3.05) is 11.6 Å². The second-order valence-electron chi connectivity index (χ2n) is 5.96. The van der Waals surface area contributed by atoms with E-state index in [0.29, 0.717) is 22.4 Å². The number of H-pyrrole nitrogens is 1. The minimum atomic E-state index is -0.298. The summed E-state index contributed by atoms with van der Waals surface area (Å²) in [4.78, 5) is 21.5. The molecular formula is C19H16ClN5OS. The van der Waals surface area contributed by atoms with Crippen LogP contribution in [0.25, 0.3) is 17.0 Å². The number of anilines is 1. The molecule has 2 N–H and O–H groups in total. The lowest BCUT2D eigenvalue weighted by Gasteiger charge is -2.09. The van der Waals surface area contributed by atoms with Gasteiger partial charge in [0.15, 0.2) is 0 Å². The zero-order valence-corrected chi connectivity index (χ0v) is 16.2. The zero-order valence-electron chi connectivity index (χ0n) is 14.7. The summed E-state index contributed by atoms with van der Waals surface area (Å²) in [6, 6.07) is 14.9. The maximum absolute atomic E-state index is 12.8. The fraction of sp³-hybridized carbons (Fsp3) is 0.105. The lowest BCUT2D eigenvalue weighted by Crippen LogP contribution is -2.16. The van der Waals surface area contributed by atoms with Crippen LogP contribution in [0.15, 0.2) is 53.4 Å². The molecule has 0 atom stereocenters. The Bertz CT molecular complexity index is 1120. The fourth-order valence-electron chi connectivity index (χ4n) is 2.78. The van der Waals surface area contributed by atoms with E-state index in [1.165, 1.54) is 0 Å².